The zero-order valence-electron chi connectivity index (χ0n) is 19.9. The number of hydrogen-bond acceptors (Lipinski definition) is 6. The van der Waals surface area contributed by atoms with Crippen LogP contribution in [0.5, 0.6) is 0 Å². The summed E-state index contributed by atoms with van der Waals surface area (Å²) in [7, 11) is 0. The molecule has 0 radical (unpaired) electrons. The van der Waals surface area contributed by atoms with Crippen molar-refractivity contribution in [3.63, 3.8) is 0 Å². The van der Waals surface area contributed by atoms with Crippen LogP contribution in [-0.2, 0) is 36.9 Å². The van der Waals surface area contributed by atoms with Gasteiger partial charge in [0.1, 0.15) is 29.9 Å². The molecule has 2 fully saturated rings. The van der Waals surface area contributed by atoms with E-state index in [1.54, 1.807) is 11.8 Å². The summed E-state index contributed by atoms with van der Waals surface area (Å²) in [6.07, 6.45) is -1.60. The summed E-state index contributed by atoms with van der Waals surface area (Å²) < 4.78 is 32.2. The molecule has 6 heteroatoms. The maximum Gasteiger partial charge on any atom is 0.184 e. The van der Waals surface area contributed by atoms with Gasteiger partial charge in [0.2, 0.25) is 0 Å². The first-order chi connectivity index (χ1) is 17.3. The minimum Gasteiger partial charge on any atom is -0.368 e. The van der Waals surface area contributed by atoms with Crippen LogP contribution in [0.3, 0.4) is 0 Å². The van der Waals surface area contributed by atoms with Gasteiger partial charge in [-0.1, -0.05) is 97.9 Å². The molecule has 2 aliphatic rings. The molecule has 3 aromatic carbocycles. The van der Waals surface area contributed by atoms with Crippen LogP contribution in [0.15, 0.2) is 91.0 Å². The molecular formula is C29H32O5S. The molecule has 2 aliphatic heterocycles. The number of fused-ring (bicyclic) bond motifs is 1. The molecule has 6 atom stereocenters. The van der Waals surface area contributed by atoms with E-state index in [-0.39, 0.29) is 29.9 Å². The van der Waals surface area contributed by atoms with Gasteiger partial charge in [-0.3, -0.25) is 0 Å². The smallest absolute Gasteiger partial charge is 0.184 e. The van der Waals surface area contributed by atoms with E-state index in [0.717, 1.165) is 22.4 Å². The van der Waals surface area contributed by atoms with E-state index in [1.807, 2.05) is 66.7 Å². The van der Waals surface area contributed by atoms with Crippen LogP contribution < -0.4 is 0 Å². The van der Waals surface area contributed by atoms with Crippen LogP contribution in [0.1, 0.15) is 29.9 Å². The Hall–Kier alpha value is -2.19. The topological polar surface area (TPSA) is 46.2 Å². The van der Waals surface area contributed by atoms with Crippen LogP contribution in [0, 0.1) is 0 Å². The fraction of sp³-hybridized carbons (Fsp3) is 0.379. The Balaban J connectivity index is 1.40. The minimum atomic E-state index is -0.464. The molecule has 184 valence electrons. The van der Waals surface area contributed by atoms with Crippen molar-refractivity contribution < 1.29 is 23.7 Å². The number of rotatable bonds is 9. The number of ether oxygens (including phenoxy) is 5. The van der Waals surface area contributed by atoms with Crippen LogP contribution in [0.4, 0.5) is 0 Å². The molecule has 2 heterocycles. The van der Waals surface area contributed by atoms with Crippen LogP contribution in [0.2, 0.25) is 0 Å². The van der Waals surface area contributed by atoms with Gasteiger partial charge < -0.3 is 23.7 Å². The van der Waals surface area contributed by atoms with Gasteiger partial charge in [0.05, 0.1) is 19.8 Å². The van der Waals surface area contributed by atoms with Crippen molar-refractivity contribution >= 4 is 11.8 Å². The van der Waals surface area contributed by atoms with Crippen molar-refractivity contribution in [1.29, 1.82) is 0 Å². The molecule has 2 saturated heterocycles. The number of thioether (sulfide) groups is 1. The lowest BCUT2D eigenvalue weighted by molar-refractivity contribution is -0.329. The lowest BCUT2D eigenvalue weighted by Gasteiger charge is -2.49. The lowest BCUT2D eigenvalue weighted by Crippen LogP contribution is -2.62. The van der Waals surface area contributed by atoms with Gasteiger partial charge in [-0.15, -0.1) is 11.8 Å². The first kappa shape index (κ1) is 24.5. The predicted molar refractivity (Wildman–Crippen MR) is 137 cm³/mol. The minimum absolute atomic E-state index is 0.175. The second-order valence-electron chi connectivity index (χ2n) is 8.70. The van der Waals surface area contributed by atoms with E-state index in [1.165, 1.54) is 0 Å². The first-order valence-electron chi connectivity index (χ1n) is 12.2. The summed E-state index contributed by atoms with van der Waals surface area (Å²) in [4.78, 5) is 0. The molecule has 5 nitrogen and oxygen atoms in total. The Bertz CT molecular complexity index is 1020. The van der Waals surface area contributed by atoms with Gasteiger partial charge in [0.15, 0.2) is 6.29 Å². The van der Waals surface area contributed by atoms with Gasteiger partial charge >= 0.3 is 0 Å². The molecule has 1 unspecified atom stereocenters. The van der Waals surface area contributed by atoms with E-state index in [9.17, 15) is 0 Å². The fourth-order valence-corrected chi connectivity index (χ4v) is 5.50. The molecule has 0 N–H and O–H groups in total. The highest BCUT2D eigenvalue weighted by molar-refractivity contribution is 7.99. The summed E-state index contributed by atoms with van der Waals surface area (Å²) in [5, 5.41) is 0. The van der Waals surface area contributed by atoms with Gasteiger partial charge in [0.25, 0.3) is 0 Å². The fourth-order valence-electron chi connectivity index (χ4n) is 4.52. The largest absolute Gasteiger partial charge is 0.368 e. The summed E-state index contributed by atoms with van der Waals surface area (Å²) >= 11 is 1.74. The molecule has 0 aromatic heterocycles. The third-order valence-corrected chi connectivity index (χ3v) is 7.30. The van der Waals surface area contributed by atoms with Crippen molar-refractivity contribution in [2.24, 2.45) is 0 Å². The summed E-state index contributed by atoms with van der Waals surface area (Å²) in [6.45, 7) is 3.54. The molecule has 0 aliphatic carbocycles. The Morgan fingerprint density at radius 2 is 1.31 bits per heavy atom. The maximum absolute atomic E-state index is 6.60. The van der Waals surface area contributed by atoms with E-state index in [0.29, 0.717) is 19.8 Å². The number of hydrogen-bond donors (Lipinski definition) is 0. The summed E-state index contributed by atoms with van der Waals surface area (Å²) in [5.74, 6) is 0.910. The highest BCUT2D eigenvalue weighted by atomic mass is 32.2. The van der Waals surface area contributed by atoms with Gasteiger partial charge in [-0.2, -0.15) is 0 Å². The Labute approximate surface area is 211 Å². The average molecular weight is 493 g/mol. The Morgan fingerprint density at radius 1 is 0.743 bits per heavy atom. The van der Waals surface area contributed by atoms with Crippen molar-refractivity contribution in [3.05, 3.63) is 108 Å². The van der Waals surface area contributed by atoms with Crippen molar-refractivity contribution in [3.8, 4) is 0 Å². The third kappa shape index (κ3) is 6.15. The van der Waals surface area contributed by atoms with E-state index in [2.05, 4.69) is 31.2 Å². The van der Waals surface area contributed by atoms with Crippen LogP contribution >= 0.6 is 11.8 Å². The van der Waals surface area contributed by atoms with Gasteiger partial charge in [0, 0.05) is 5.56 Å². The molecule has 0 bridgehead atoms. The van der Waals surface area contributed by atoms with Crippen LogP contribution in [-0.4, -0.2) is 42.2 Å². The van der Waals surface area contributed by atoms with Crippen LogP contribution in [0.25, 0.3) is 0 Å². The highest BCUT2D eigenvalue weighted by Gasteiger charge is 2.51. The SMILES string of the molecule is CCS[C@@H]1O[C@@H]2COC(c3ccccc3)O[C@@H]2[C@H](OCc2ccccc2)[C@H]1OCc1ccccc1. The second-order valence-corrected chi connectivity index (χ2v) is 10.1. The van der Waals surface area contributed by atoms with E-state index >= 15 is 0 Å². The maximum atomic E-state index is 6.60. The lowest BCUT2D eigenvalue weighted by atomic mass is 9.98. The second kappa shape index (κ2) is 12.2. The Kier molecular flexibility index (Phi) is 8.52. The molecule has 0 saturated carbocycles. The zero-order valence-corrected chi connectivity index (χ0v) is 20.7. The molecule has 3 aromatic rings. The van der Waals surface area contributed by atoms with Gasteiger partial charge in [-0.25, -0.2) is 0 Å². The molecule has 0 spiro atoms. The average Bonchev–Trinajstić information content (AvgIpc) is 2.92. The summed E-state index contributed by atoms with van der Waals surface area (Å²) in [5.41, 5.74) is 3.04. The molecular weight excluding hydrogens is 460 g/mol. The Morgan fingerprint density at radius 3 is 1.91 bits per heavy atom. The highest BCUT2D eigenvalue weighted by Crippen LogP contribution is 2.39. The predicted octanol–water partition coefficient (Wildman–Crippen LogP) is 5.75. The normalized spacial score (nSPS) is 28.4. The van der Waals surface area contributed by atoms with Gasteiger partial charge in [-0.05, 0) is 16.9 Å². The monoisotopic (exact) mass is 492 g/mol. The third-order valence-electron chi connectivity index (χ3n) is 6.26. The molecule has 0 amide bonds. The molecule has 35 heavy (non-hydrogen) atoms. The number of benzene rings is 3. The zero-order chi connectivity index (χ0) is 23.9. The molecule has 5 rings (SSSR count). The quantitative estimate of drug-likeness (QED) is 0.379. The van der Waals surface area contributed by atoms with Crippen molar-refractivity contribution in [1.82, 2.24) is 0 Å². The first-order valence-corrected chi connectivity index (χ1v) is 13.3. The van der Waals surface area contributed by atoms with E-state index < -0.39 is 6.29 Å². The van der Waals surface area contributed by atoms with E-state index in [4.69, 9.17) is 23.7 Å². The van der Waals surface area contributed by atoms with Crippen molar-refractivity contribution in [2.75, 3.05) is 12.4 Å². The summed E-state index contributed by atoms with van der Waals surface area (Å²) in [6, 6.07) is 30.5. The standard InChI is InChI=1S/C29H32O5S/c1-2-35-29-27(31-19-22-14-8-4-9-15-22)26(30-18-21-12-6-3-7-13-21)25-24(33-29)20-32-28(34-25)23-16-10-5-11-17-23/h3-17,24-29H,2,18-20H2,1H3/t24-,25+,26+,27-,28?,29+/m1/s1. The van der Waals surface area contributed by atoms with Crippen molar-refractivity contribution in [2.45, 2.75) is 56.3 Å².